The number of hydrogen-bond acceptors (Lipinski definition) is 6. The van der Waals surface area contributed by atoms with E-state index in [-0.39, 0.29) is 6.09 Å². The number of amides is 1. The minimum atomic E-state index is -0.541. The molecule has 1 aliphatic carbocycles. The van der Waals surface area contributed by atoms with E-state index in [1.807, 2.05) is 45.0 Å². The molecule has 7 heteroatoms. The van der Waals surface area contributed by atoms with Crippen LogP contribution in [0.2, 0.25) is 0 Å². The number of ether oxygens (including phenoxy) is 2. The third-order valence-corrected chi connectivity index (χ3v) is 6.52. The minimum absolute atomic E-state index is 0.387. The SMILES string of the molecule is COc1ncnc2nc(-c3ccc(C4(NC(=O)OC(C)(C)C)CCC4)cc3)c(-c3ccccc3)cc12. The van der Waals surface area contributed by atoms with Crippen LogP contribution >= 0.6 is 0 Å². The molecule has 2 aromatic heterocycles. The predicted molar refractivity (Wildman–Crippen MR) is 140 cm³/mol. The molecule has 1 amide bonds. The molecule has 1 aliphatic rings. The quantitative estimate of drug-likeness (QED) is 0.361. The molecule has 0 atom stereocenters. The standard InChI is InChI=1S/C29H30N4O3/c1-28(2,3)36-27(34)33-29(15-8-16-29)21-13-11-20(12-14-21)24-22(19-9-6-5-7-10-19)17-23-25(32-24)30-18-31-26(23)35-4/h5-7,9-14,17-18H,8,15-16H2,1-4H3,(H,33,34). The van der Waals surface area contributed by atoms with E-state index < -0.39 is 11.1 Å². The topological polar surface area (TPSA) is 86.2 Å². The Balaban J connectivity index is 1.54. The molecule has 184 valence electrons. The first kappa shape index (κ1) is 23.7. The van der Waals surface area contributed by atoms with Gasteiger partial charge in [0, 0.05) is 11.1 Å². The number of nitrogens with one attached hydrogen (secondary N) is 1. The predicted octanol–water partition coefficient (Wildman–Crippen LogP) is 6.27. The molecule has 1 saturated carbocycles. The van der Waals surface area contributed by atoms with Gasteiger partial charge in [-0.25, -0.2) is 19.7 Å². The Labute approximate surface area is 210 Å². The highest BCUT2D eigenvalue weighted by Gasteiger charge is 2.41. The Morgan fingerprint density at radius 1 is 0.972 bits per heavy atom. The number of methoxy groups -OCH3 is 1. The monoisotopic (exact) mass is 482 g/mol. The van der Waals surface area contributed by atoms with Crippen molar-refractivity contribution in [2.45, 2.75) is 51.2 Å². The number of pyridine rings is 1. The third-order valence-electron chi connectivity index (χ3n) is 6.52. The summed E-state index contributed by atoms with van der Waals surface area (Å²) < 4.78 is 11.0. The van der Waals surface area contributed by atoms with Crippen molar-refractivity contribution in [1.29, 1.82) is 0 Å². The van der Waals surface area contributed by atoms with Crippen LogP contribution in [0.15, 0.2) is 67.0 Å². The van der Waals surface area contributed by atoms with Crippen LogP contribution in [-0.4, -0.2) is 33.8 Å². The summed E-state index contributed by atoms with van der Waals surface area (Å²) >= 11 is 0. The lowest BCUT2D eigenvalue weighted by molar-refractivity contribution is 0.0377. The Kier molecular flexibility index (Phi) is 6.08. The van der Waals surface area contributed by atoms with E-state index in [1.54, 1.807) is 7.11 Å². The molecule has 5 rings (SSSR count). The zero-order valence-corrected chi connectivity index (χ0v) is 21.0. The second-order valence-electron chi connectivity index (χ2n) is 10.1. The van der Waals surface area contributed by atoms with Crippen LogP contribution in [0.25, 0.3) is 33.4 Å². The van der Waals surface area contributed by atoms with Crippen LogP contribution in [0.5, 0.6) is 5.88 Å². The van der Waals surface area contributed by atoms with Gasteiger partial charge in [0.05, 0.1) is 23.7 Å². The summed E-state index contributed by atoms with van der Waals surface area (Å²) in [5.41, 5.74) is 4.49. The average molecular weight is 483 g/mol. The summed E-state index contributed by atoms with van der Waals surface area (Å²) in [6.45, 7) is 5.61. The molecular formula is C29H30N4O3. The van der Waals surface area contributed by atoms with Crippen molar-refractivity contribution in [1.82, 2.24) is 20.3 Å². The highest BCUT2D eigenvalue weighted by Crippen LogP contribution is 2.42. The summed E-state index contributed by atoms with van der Waals surface area (Å²) in [6.07, 6.45) is 3.90. The normalized spacial score (nSPS) is 14.7. The van der Waals surface area contributed by atoms with E-state index in [2.05, 4.69) is 51.7 Å². The molecule has 4 aromatic rings. The summed E-state index contributed by atoms with van der Waals surface area (Å²) in [7, 11) is 1.60. The van der Waals surface area contributed by atoms with Crippen molar-refractivity contribution in [3.8, 4) is 28.3 Å². The zero-order chi connectivity index (χ0) is 25.3. The highest BCUT2D eigenvalue weighted by atomic mass is 16.6. The molecule has 0 saturated heterocycles. The number of fused-ring (bicyclic) bond motifs is 1. The lowest BCUT2D eigenvalue weighted by Crippen LogP contribution is -2.52. The van der Waals surface area contributed by atoms with Gasteiger partial charge in [-0.1, -0.05) is 54.6 Å². The van der Waals surface area contributed by atoms with Crippen molar-refractivity contribution >= 4 is 17.1 Å². The number of hydrogen-bond donors (Lipinski definition) is 1. The van der Waals surface area contributed by atoms with Gasteiger partial charge >= 0.3 is 6.09 Å². The first-order chi connectivity index (χ1) is 17.3. The van der Waals surface area contributed by atoms with Crippen molar-refractivity contribution in [3.63, 3.8) is 0 Å². The van der Waals surface area contributed by atoms with Gasteiger partial charge in [-0.2, -0.15) is 0 Å². The molecule has 1 fully saturated rings. The maximum absolute atomic E-state index is 12.5. The van der Waals surface area contributed by atoms with Crippen molar-refractivity contribution in [3.05, 3.63) is 72.6 Å². The van der Waals surface area contributed by atoms with Crippen LogP contribution in [0.3, 0.4) is 0 Å². The van der Waals surface area contributed by atoms with Gasteiger partial charge in [0.25, 0.3) is 0 Å². The Hall–Kier alpha value is -4.00. The van der Waals surface area contributed by atoms with Gasteiger partial charge in [-0.3, -0.25) is 0 Å². The van der Waals surface area contributed by atoms with Crippen molar-refractivity contribution < 1.29 is 14.3 Å². The smallest absolute Gasteiger partial charge is 0.408 e. The average Bonchev–Trinajstić information content (AvgIpc) is 2.84. The highest BCUT2D eigenvalue weighted by molar-refractivity contribution is 5.92. The summed E-state index contributed by atoms with van der Waals surface area (Å²) in [6, 6.07) is 20.4. The van der Waals surface area contributed by atoms with E-state index in [9.17, 15) is 4.79 Å². The number of nitrogens with zero attached hydrogens (tertiary/aromatic N) is 3. The van der Waals surface area contributed by atoms with Gasteiger partial charge < -0.3 is 14.8 Å². The molecule has 0 radical (unpaired) electrons. The van der Waals surface area contributed by atoms with Crippen LogP contribution in [0.4, 0.5) is 4.79 Å². The van der Waals surface area contributed by atoms with Crippen LogP contribution in [-0.2, 0) is 10.3 Å². The van der Waals surface area contributed by atoms with Crippen LogP contribution < -0.4 is 10.1 Å². The molecule has 2 heterocycles. The molecule has 0 aliphatic heterocycles. The molecule has 1 N–H and O–H groups in total. The maximum Gasteiger partial charge on any atom is 0.408 e. The lowest BCUT2D eigenvalue weighted by Gasteiger charge is -2.43. The Bertz CT molecular complexity index is 1390. The van der Waals surface area contributed by atoms with Crippen LogP contribution in [0, 0.1) is 0 Å². The minimum Gasteiger partial charge on any atom is -0.480 e. The Morgan fingerprint density at radius 2 is 1.69 bits per heavy atom. The molecular weight excluding hydrogens is 452 g/mol. The molecule has 0 bridgehead atoms. The lowest BCUT2D eigenvalue weighted by atomic mass is 9.71. The summed E-state index contributed by atoms with van der Waals surface area (Å²) in [4.78, 5) is 26.1. The largest absolute Gasteiger partial charge is 0.480 e. The van der Waals surface area contributed by atoms with E-state index >= 15 is 0 Å². The summed E-state index contributed by atoms with van der Waals surface area (Å²) in [5, 5.41) is 3.89. The van der Waals surface area contributed by atoms with Gasteiger partial charge in [0.15, 0.2) is 5.65 Å². The number of alkyl carbamates (subject to hydrolysis) is 1. The number of carbonyl (C=O) groups excluding carboxylic acids is 1. The second kappa shape index (κ2) is 9.22. The van der Waals surface area contributed by atoms with Crippen molar-refractivity contribution in [2.24, 2.45) is 0 Å². The van der Waals surface area contributed by atoms with Gasteiger partial charge in [0.2, 0.25) is 5.88 Å². The summed E-state index contributed by atoms with van der Waals surface area (Å²) in [5.74, 6) is 0.492. The number of rotatable bonds is 5. The first-order valence-corrected chi connectivity index (χ1v) is 12.2. The van der Waals surface area contributed by atoms with E-state index in [0.29, 0.717) is 11.5 Å². The number of carbonyl (C=O) groups is 1. The number of aromatic nitrogens is 3. The fourth-order valence-electron chi connectivity index (χ4n) is 4.65. The van der Waals surface area contributed by atoms with E-state index in [1.165, 1.54) is 6.33 Å². The fraction of sp³-hybridized carbons (Fsp3) is 0.310. The number of benzene rings is 2. The fourth-order valence-corrected chi connectivity index (χ4v) is 4.65. The molecule has 36 heavy (non-hydrogen) atoms. The van der Waals surface area contributed by atoms with Crippen molar-refractivity contribution in [2.75, 3.05) is 7.11 Å². The van der Waals surface area contributed by atoms with E-state index in [0.717, 1.165) is 52.6 Å². The van der Waals surface area contributed by atoms with Gasteiger partial charge in [-0.05, 0) is 57.2 Å². The Morgan fingerprint density at radius 3 is 2.31 bits per heavy atom. The maximum atomic E-state index is 12.5. The van der Waals surface area contributed by atoms with Gasteiger partial charge in [0.1, 0.15) is 11.9 Å². The van der Waals surface area contributed by atoms with E-state index in [4.69, 9.17) is 14.5 Å². The molecule has 7 nitrogen and oxygen atoms in total. The molecule has 2 aromatic carbocycles. The second-order valence-corrected chi connectivity index (χ2v) is 10.1. The van der Waals surface area contributed by atoms with Gasteiger partial charge in [-0.15, -0.1) is 0 Å². The first-order valence-electron chi connectivity index (χ1n) is 12.2. The molecule has 0 unspecified atom stereocenters. The molecule has 0 spiro atoms. The van der Waals surface area contributed by atoms with Crippen LogP contribution in [0.1, 0.15) is 45.6 Å². The third kappa shape index (κ3) is 4.61. The zero-order valence-electron chi connectivity index (χ0n) is 21.0.